The van der Waals surface area contributed by atoms with Crippen LogP contribution in [0.1, 0.15) is 25.7 Å². The minimum atomic E-state index is -0.162. The zero-order valence-electron chi connectivity index (χ0n) is 17.9. The molecule has 1 aliphatic carbocycles. The van der Waals surface area contributed by atoms with Gasteiger partial charge in [-0.3, -0.25) is 0 Å². The number of thiophene rings is 1. The Hall–Kier alpha value is -2.84. The second-order valence-electron chi connectivity index (χ2n) is 8.03. The van der Waals surface area contributed by atoms with Gasteiger partial charge in [-0.2, -0.15) is 0 Å². The molecular weight excluding hydrogens is 412 g/mol. The first-order chi connectivity index (χ1) is 15.1. The fraction of sp³-hybridized carbons (Fsp3) is 0.391. The van der Waals surface area contributed by atoms with Crippen LogP contribution in [-0.2, 0) is 0 Å². The summed E-state index contributed by atoms with van der Waals surface area (Å²) in [5.41, 5.74) is 1.78. The summed E-state index contributed by atoms with van der Waals surface area (Å²) in [7, 11) is 5.39. The fourth-order valence-electron chi connectivity index (χ4n) is 4.34. The molecule has 4 aromatic rings. The van der Waals surface area contributed by atoms with Gasteiger partial charge in [-0.25, -0.2) is 9.50 Å². The molecule has 3 aromatic heterocycles. The van der Waals surface area contributed by atoms with E-state index in [1.807, 2.05) is 35.0 Å². The van der Waals surface area contributed by atoms with Gasteiger partial charge in [0.2, 0.25) is 0 Å². The summed E-state index contributed by atoms with van der Waals surface area (Å²) in [4.78, 5) is 7.88. The molecule has 5 rings (SSSR count). The predicted molar refractivity (Wildman–Crippen MR) is 124 cm³/mol. The van der Waals surface area contributed by atoms with Gasteiger partial charge in [-0.05, 0) is 55.3 Å². The highest BCUT2D eigenvalue weighted by Gasteiger charge is 2.24. The standard InChI is InChI=1S/C23H26N4O3S/c1-26(15-4-6-16(28)7-5-15)23-9-8-22-24-13-17(27(22)25-23)21-11-14-10-18(29-2)19(30-3)12-20(14)31-21/h8-13,15-16,28H,4-7H2,1-3H3/t15-,16-. The maximum Gasteiger partial charge on any atom is 0.162 e. The van der Waals surface area contributed by atoms with Crippen LogP contribution in [0.15, 0.2) is 36.5 Å². The van der Waals surface area contributed by atoms with E-state index in [4.69, 9.17) is 14.6 Å². The number of ether oxygens (including phenoxy) is 2. The molecule has 0 spiro atoms. The first kappa shape index (κ1) is 20.1. The van der Waals surface area contributed by atoms with E-state index in [1.54, 1.807) is 25.6 Å². The molecule has 1 aromatic carbocycles. The molecule has 1 fully saturated rings. The second kappa shape index (κ2) is 8.01. The Morgan fingerprint density at radius 2 is 1.81 bits per heavy atom. The van der Waals surface area contributed by atoms with E-state index in [2.05, 4.69) is 23.0 Å². The number of methoxy groups -OCH3 is 2. The van der Waals surface area contributed by atoms with Crippen LogP contribution in [0, 0.1) is 0 Å². The number of rotatable bonds is 5. The van der Waals surface area contributed by atoms with Crippen LogP contribution >= 0.6 is 11.3 Å². The average molecular weight is 439 g/mol. The van der Waals surface area contributed by atoms with Crippen LogP contribution in [0.2, 0.25) is 0 Å². The molecule has 0 bridgehead atoms. The SMILES string of the molecule is COc1cc2cc(-c3cnc4ccc(N(C)[C@H]5CC[C@H](O)CC5)nn34)sc2cc1OC. The Kier molecular flexibility index (Phi) is 5.19. The van der Waals surface area contributed by atoms with E-state index in [9.17, 15) is 5.11 Å². The van der Waals surface area contributed by atoms with Crippen LogP contribution in [0.3, 0.4) is 0 Å². The highest BCUT2D eigenvalue weighted by molar-refractivity contribution is 7.22. The fourth-order valence-corrected chi connectivity index (χ4v) is 5.41. The van der Waals surface area contributed by atoms with Crippen molar-refractivity contribution in [1.29, 1.82) is 0 Å². The molecule has 31 heavy (non-hydrogen) atoms. The summed E-state index contributed by atoms with van der Waals surface area (Å²) in [6.45, 7) is 0. The summed E-state index contributed by atoms with van der Waals surface area (Å²) < 4.78 is 13.9. The van der Waals surface area contributed by atoms with Crippen molar-refractivity contribution in [3.63, 3.8) is 0 Å². The Morgan fingerprint density at radius 3 is 2.55 bits per heavy atom. The summed E-state index contributed by atoms with van der Waals surface area (Å²) in [5.74, 6) is 2.36. The van der Waals surface area contributed by atoms with E-state index >= 15 is 0 Å². The first-order valence-corrected chi connectivity index (χ1v) is 11.3. The molecule has 7 nitrogen and oxygen atoms in total. The second-order valence-corrected chi connectivity index (χ2v) is 9.12. The minimum absolute atomic E-state index is 0.162. The van der Waals surface area contributed by atoms with E-state index in [0.717, 1.165) is 69.3 Å². The van der Waals surface area contributed by atoms with Crippen molar-refractivity contribution >= 4 is 32.9 Å². The Bertz CT molecular complexity index is 1190. The van der Waals surface area contributed by atoms with Gasteiger partial charge in [0.15, 0.2) is 17.1 Å². The maximum absolute atomic E-state index is 9.82. The van der Waals surface area contributed by atoms with Gasteiger partial charge in [0.05, 0.1) is 31.4 Å². The van der Waals surface area contributed by atoms with Gasteiger partial charge < -0.3 is 19.5 Å². The maximum atomic E-state index is 9.82. The Labute approximate surface area is 184 Å². The minimum Gasteiger partial charge on any atom is -0.493 e. The van der Waals surface area contributed by atoms with Crippen molar-refractivity contribution in [2.75, 3.05) is 26.2 Å². The number of imidazole rings is 1. The molecule has 162 valence electrons. The highest BCUT2D eigenvalue weighted by atomic mass is 32.1. The predicted octanol–water partition coefficient (Wildman–Crippen LogP) is 4.37. The number of hydrogen-bond donors (Lipinski definition) is 1. The van der Waals surface area contributed by atoms with Gasteiger partial charge in [-0.1, -0.05) is 0 Å². The molecule has 1 N–H and O–H groups in total. The molecule has 0 amide bonds. The van der Waals surface area contributed by atoms with Crippen LogP contribution in [0.5, 0.6) is 11.5 Å². The Morgan fingerprint density at radius 1 is 1.06 bits per heavy atom. The molecular formula is C23H26N4O3S. The molecule has 1 aliphatic rings. The van der Waals surface area contributed by atoms with Crippen molar-refractivity contribution in [2.45, 2.75) is 37.8 Å². The molecule has 0 aliphatic heterocycles. The monoisotopic (exact) mass is 438 g/mol. The Balaban J connectivity index is 1.52. The van der Waals surface area contributed by atoms with Gasteiger partial charge in [0.25, 0.3) is 0 Å². The quantitative estimate of drug-likeness (QED) is 0.499. The smallest absolute Gasteiger partial charge is 0.162 e. The lowest BCUT2D eigenvalue weighted by atomic mass is 9.92. The molecule has 1 saturated carbocycles. The van der Waals surface area contributed by atoms with Crippen LogP contribution in [0.4, 0.5) is 5.82 Å². The number of nitrogens with zero attached hydrogens (tertiary/aromatic N) is 4. The van der Waals surface area contributed by atoms with E-state index < -0.39 is 0 Å². The van der Waals surface area contributed by atoms with Gasteiger partial charge in [0.1, 0.15) is 11.5 Å². The number of hydrogen-bond acceptors (Lipinski definition) is 7. The summed E-state index contributed by atoms with van der Waals surface area (Å²) in [5, 5.41) is 15.8. The number of anilines is 1. The summed E-state index contributed by atoms with van der Waals surface area (Å²) >= 11 is 1.68. The third-order valence-corrected chi connectivity index (χ3v) is 7.32. The van der Waals surface area contributed by atoms with E-state index in [1.165, 1.54) is 0 Å². The van der Waals surface area contributed by atoms with Crippen LogP contribution < -0.4 is 14.4 Å². The molecule has 8 heteroatoms. The van der Waals surface area contributed by atoms with Crippen molar-refractivity contribution in [3.05, 3.63) is 36.5 Å². The third kappa shape index (κ3) is 3.59. The van der Waals surface area contributed by atoms with Crippen molar-refractivity contribution in [3.8, 4) is 22.1 Å². The molecule has 0 radical (unpaired) electrons. The lowest BCUT2D eigenvalue weighted by molar-refractivity contribution is 0.122. The number of aromatic nitrogens is 3. The topological polar surface area (TPSA) is 72.1 Å². The number of fused-ring (bicyclic) bond motifs is 2. The summed E-state index contributed by atoms with van der Waals surface area (Å²) in [6, 6.07) is 10.6. The van der Waals surface area contributed by atoms with Crippen LogP contribution in [0.25, 0.3) is 26.3 Å². The lowest BCUT2D eigenvalue weighted by Gasteiger charge is -2.33. The number of aliphatic hydroxyl groups is 1. The van der Waals surface area contributed by atoms with Crippen molar-refractivity contribution < 1.29 is 14.6 Å². The van der Waals surface area contributed by atoms with Crippen molar-refractivity contribution in [2.24, 2.45) is 0 Å². The average Bonchev–Trinajstić information content (AvgIpc) is 3.40. The lowest BCUT2D eigenvalue weighted by Crippen LogP contribution is -2.37. The normalized spacial score (nSPS) is 19.1. The largest absolute Gasteiger partial charge is 0.493 e. The zero-order valence-corrected chi connectivity index (χ0v) is 18.7. The molecule has 3 heterocycles. The van der Waals surface area contributed by atoms with Crippen molar-refractivity contribution in [1.82, 2.24) is 14.6 Å². The van der Waals surface area contributed by atoms with E-state index in [0.29, 0.717) is 6.04 Å². The third-order valence-electron chi connectivity index (χ3n) is 6.20. The van der Waals surface area contributed by atoms with Crippen LogP contribution in [-0.4, -0.2) is 53.1 Å². The van der Waals surface area contributed by atoms with Gasteiger partial charge in [0, 0.05) is 23.9 Å². The van der Waals surface area contributed by atoms with Gasteiger partial charge >= 0.3 is 0 Å². The number of aliphatic hydroxyl groups excluding tert-OH is 1. The highest BCUT2D eigenvalue weighted by Crippen LogP contribution is 2.40. The molecule has 0 saturated heterocycles. The molecule has 0 unspecified atom stereocenters. The molecule has 0 atom stereocenters. The van der Waals surface area contributed by atoms with E-state index in [-0.39, 0.29) is 6.10 Å². The first-order valence-electron chi connectivity index (χ1n) is 10.5. The summed E-state index contributed by atoms with van der Waals surface area (Å²) in [6.07, 6.45) is 5.38. The number of benzene rings is 1. The zero-order chi connectivity index (χ0) is 21.5. The van der Waals surface area contributed by atoms with Gasteiger partial charge in [-0.15, -0.1) is 16.4 Å².